The lowest BCUT2D eigenvalue weighted by atomic mass is 10.0. The Hall–Kier alpha value is -0.980. The molecule has 1 nitrogen and oxygen atoms in total. The smallest absolute Gasteiger partial charge is 0.0375 e. The number of fused-ring (bicyclic) bond motifs is 1. The summed E-state index contributed by atoms with van der Waals surface area (Å²) < 4.78 is 0. The summed E-state index contributed by atoms with van der Waals surface area (Å²) in [6.07, 6.45) is 3.65. The van der Waals surface area contributed by atoms with E-state index in [1.165, 1.54) is 29.7 Å². The van der Waals surface area contributed by atoms with E-state index in [-0.39, 0.29) is 0 Å². The molecule has 0 fully saturated rings. The molecule has 2 rings (SSSR count). The van der Waals surface area contributed by atoms with E-state index < -0.39 is 0 Å². The normalized spacial score (nSPS) is 15.1. The zero-order chi connectivity index (χ0) is 8.39. The van der Waals surface area contributed by atoms with Crippen LogP contribution in [0.4, 0.5) is 5.69 Å². The van der Waals surface area contributed by atoms with Crippen LogP contribution >= 0.6 is 0 Å². The van der Waals surface area contributed by atoms with Crippen molar-refractivity contribution in [2.75, 3.05) is 11.9 Å². The summed E-state index contributed by atoms with van der Waals surface area (Å²) in [6.45, 7) is 3.34. The van der Waals surface area contributed by atoms with E-state index in [1.807, 2.05) is 0 Å². The molecule has 0 bridgehead atoms. The average Bonchev–Trinajstić information content (AvgIpc) is 2.17. The molecular formula is C11H15N. The predicted octanol–water partition coefficient (Wildman–Crippen LogP) is 2.61. The summed E-state index contributed by atoms with van der Waals surface area (Å²) in [5, 5.41) is 3.44. The second kappa shape index (κ2) is 3.18. The van der Waals surface area contributed by atoms with Crippen LogP contribution in [0.2, 0.25) is 0 Å². The monoisotopic (exact) mass is 161 g/mol. The lowest BCUT2D eigenvalue weighted by Gasteiger charge is -2.18. The molecule has 12 heavy (non-hydrogen) atoms. The van der Waals surface area contributed by atoms with Crippen LogP contribution in [0.3, 0.4) is 0 Å². The second-order valence-corrected chi connectivity index (χ2v) is 3.38. The van der Waals surface area contributed by atoms with Crippen LogP contribution in [-0.2, 0) is 12.8 Å². The first-order valence-electron chi connectivity index (χ1n) is 4.76. The summed E-state index contributed by atoms with van der Waals surface area (Å²) in [7, 11) is 0. The lowest BCUT2D eigenvalue weighted by Crippen LogP contribution is -2.11. The lowest BCUT2D eigenvalue weighted by molar-refractivity contribution is 0.828. The largest absolute Gasteiger partial charge is 0.385 e. The van der Waals surface area contributed by atoms with Crippen LogP contribution in [0.25, 0.3) is 0 Å². The van der Waals surface area contributed by atoms with Gasteiger partial charge in [0.15, 0.2) is 0 Å². The van der Waals surface area contributed by atoms with Crippen LogP contribution < -0.4 is 5.32 Å². The van der Waals surface area contributed by atoms with Gasteiger partial charge in [-0.15, -0.1) is 0 Å². The van der Waals surface area contributed by atoms with E-state index in [1.54, 1.807) is 0 Å². The highest BCUT2D eigenvalue weighted by atomic mass is 14.9. The van der Waals surface area contributed by atoms with Crippen molar-refractivity contribution in [3.05, 3.63) is 29.3 Å². The van der Waals surface area contributed by atoms with Gasteiger partial charge in [-0.1, -0.05) is 19.1 Å². The molecule has 1 aliphatic heterocycles. The average molecular weight is 161 g/mol. The maximum Gasteiger partial charge on any atom is 0.0375 e. The number of hydrogen-bond acceptors (Lipinski definition) is 1. The highest BCUT2D eigenvalue weighted by Gasteiger charge is 2.07. The van der Waals surface area contributed by atoms with Gasteiger partial charge in [-0.25, -0.2) is 0 Å². The highest BCUT2D eigenvalue weighted by molar-refractivity contribution is 5.54. The van der Waals surface area contributed by atoms with E-state index in [4.69, 9.17) is 0 Å². The van der Waals surface area contributed by atoms with Gasteiger partial charge in [-0.3, -0.25) is 0 Å². The highest BCUT2D eigenvalue weighted by Crippen LogP contribution is 2.22. The molecule has 64 valence electrons. The van der Waals surface area contributed by atoms with Crippen molar-refractivity contribution < 1.29 is 0 Å². The molecule has 0 atom stereocenters. The maximum atomic E-state index is 3.44. The molecule has 0 spiro atoms. The van der Waals surface area contributed by atoms with E-state index in [0.717, 1.165) is 13.0 Å². The van der Waals surface area contributed by atoms with E-state index in [0.29, 0.717) is 0 Å². The molecule has 1 heterocycles. The van der Waals surface area contributed by atoms with Gasteiger partial charge >= 0.3 is 0 Å². The number of benzene rings is 1. The van der Waals surface area contributed by atoms with E-state index in [2.05, 4.69) is 30.4 Å². The van der Waals surface area contributed by atoms with Gasteiger partial charge in [0, 0.05) is 12.2 Å². The third-order valence-corrected chi connectivity index (χ3v) is 2.52. The molecule has 0 aromatic heterocycles. The number of nitrogens with one attached hydrogen (secondary N) is 1. The SMILES string of the molecule is CCc1ccc2c(c1)NCCC2. The molecule has 0 unspecified atom stereocenters. The van der Waals surface area contributed by atoms with Crippen LogP contribution in [0.15, 0.2) is 18.2 Å². The number of hydrogen-bond donors (Lipinski definition) is 1. The second-order valence-electron chi connectivity index (χ2n) is 3.38. The Balaban J connectivity index is 2.36. The molecular weight excluding hydrogens is 146 g/mol. The quantitative estimate of drug-likeness (QED) is 0.667. The van der Waals surface area contributed by atoms with Crippen molar-refractivity contribution in [1.82, 2.24) is 0 Å². The van der Waals surface area contributed by atoms with Crippen molar-refractivity contribution >= 4 is 5.69 Å². The number of anilines is 1. The first kappa shape index (κ1) is 7.66. The van der Waals surface area contributed by atoms with Crippen molar-refractivity contribution in [1.29, 1.82) is 0 Å². The van der Waals surface area contributed by atoms with Gasteiger partial charge in [-0.05, 0) is 36.5 Å². The van der Waals surface area contributed by atoms with Crippen LogP contribution in [0.5, 0.6) is 0 Å². The number of rotatable bonds is 1. The van der Waals surface area contributed by atoms with E-state index >= 15 is 0 Å². The van der Waals surface area contributed by atoms with Crippen LogP contribution in [0.1, 0.15) is 24.5 Å². The topological polar surface area (TPSA) is 12.0 Å². The van der Waals surface area contributed by atoms with Gasteiger partial charge in [0.2, 0.25) is 0 Å². The number of aryl methyl sites for hydroxylation is 2. The third kappa shape index (κ3) is 1.31. The fourth-order valence-corrected chi connectivity index (χ4v) is 1.73. The van der Waals surface area contributed by atoms with Crippen LogP contribution in [-0.4, -0.2) is 6.54 Å². The zero-order valence-electron chi connectivity index (χ0n) is 7.56. The Bertz CT molecular complexity index is 278. The van der Waals surface area contributed by atoms with Gasteiger partial charge in [0.05, 0.1) is 0 Å². The minimum atomic E-state index is 1.13. The summed E-state index contributed by atoms with van der Waals surface area (Å²) in [4.78, 5) is 0. The zero-order valence-corrected chi connectivity index (χ0v) is 7.56. The molecule has 1 aromatic carbocycles. The van der Waals surface area contributed by atoms with Crippen molar-refractivity contribution in [3.63, 3.8) is 0 Å². The third-order valence-electron chi connectivity index (χ3n) is 2.52. The van der Waals surface area contributed by atoms with Gasteiger partial charge in [-0.2, -0.15) is 0 Å². The Morgan fingerprint density at radius 2 is 2.33 bits per heavy atom. The molecule has 1 N–H and O–H groups in total. The maximum absolute atomic E-state index is 3.44. The minimum absolute atomic E-state index is 1.13. The van der Waals surface area contributed by atoms with Crippen molar-refractivity contribution in [2.24, 2.45) is 0 Å². The molecule has 0 amide bonds. The standard InChI is InChI=1S/C11H15N/c1-2-9-5-6-10-4-3-7-12-11(10)8-9/h5-6,8,12H,2-4,7H2,1H3. The first-order valence-corrected chi connectivity index (χ1v) is 4.76. The van der Waals surface area contributed by atoms with Gasteiger partial charge in [0.1, 0.15) is 0 Å². The van der Waals surface area contributed by atoms with Gasteiger partial charge < -0.3 is 5.32 Å². The van der Waals surface area contributed by atoms with Gasteiger partial charge in [0.25, 0.3) is 0 Å². The molecule has 1 aromatic rings. The minimum Gasteiger partial charge on any atom is -0.385 e. The van der Waals surface area contributed by atoms with Crippen LogP contribution in [0, 0.1) is 0 Å². The fourth-order valence-electron chi connectivity index (χ4n) is 1.73. The Kier molecular flexibility index (Phi) is 2.03. The Morgan fingerprint density at radius 1 is 1.42 bits per heavy atom. The fraction of sp³-hybridized carbons (Fsp3) is 0.455. The first-order chi connectivity index (χ1) is 5.90. The van der Waals surface area contributed by atoms with Crippen molar-refractivity contribution in [3.8, 4) is 0 Å². The summed E-state index contributed by atoms with van der Waals surface area (Å²) in [5.41, 5.74) is 4.28. The summed E-state index contributed by atoms with van der Waals surface area (Å²) in [6, 6.07) is 6.79. The summed E-state index contributed by atoms with van der Waals surface area (Å²) >= 11 is 0. The molecule has 1 heteroatoms. The molecule has 0 saturated heterocycles. The Morgan fingerprint density at radius 3 is 3.17 bits per heavy atom. The molecule has 1 aliphatic rings. The van der Waals surface area contributed by atoms with E-state index in [9.17, 15) is 0 Å². The molecule has 0 saturated carbocycles. The predicted molar refractivity (Wildman–Crippen MR) is 52.6 cm³/mol. The summed E-state index contributed by atoms with van der Waals surface area (Å²) in [5.74, 6) is 0. The Labute approximate surface area is 73.8 Å². The molecule has 0 aliphatic carbocycles. The molecule has 0 radical (unpaired) electrons. The van der Waals surface area contributed by atoms with Crippen molar-refractivity contribution in [2.45, 2.75) is 26.2 Å².